The summed E-state index contributed by atoms with van der Waals surface area (Å²) >= 11 is 0. The summed E-state index contributed by atoms with van der Waals surface area (Å²) < 4.78 is 62.8. The molecule has 5 nitrogen and oxygen atoms in total. The van der Waals surface area contributed by atoms with Crippen molar-refractivity contribution in [1.82, 2.24) is 0 Å². The molecule has 5 aromatic carbocycles. The maximum absolute atomic E-state index is 15.9. The van der Waals surface area contributed by atoms with Crippen LogP contribution in [0.3, 0.4) is 0 Å². The topological polar surface area (TPSA) is 61.8 Å². The van der Waals surface area contributed by atoms with Crippen LogP contribution in [0.5, 0.6) is 0 Å². The normalized spacial score (nSPS) is 12.1. The molecule has 0 saturated heterocycles. The Bertz CT molecular complexity index is 1540. The van der Waals surface area contributed by atoms with Gasteiger partial charge in [0, 0.05) is 6.42 Å². The predicted octanol–water partition coefficient (Wildman–Crippen LogP) is 9.17. The Morgan fingerprint density at radius 3 is 1.24 bits per heavy atom. The van der Waals surface area contributed by atoms with Crippen LogP contribution < -0.4 is 0 Å². The monoisotopic (exact) mass is 626 g/mol. The fourth-order valence-electron chi connectivity index (χ4n) is 5.04. The van der Waals surface area contributed by atoms with E-state index >= 15 is 8.78 Å². The molecule has 0 aliphatic heterocycles. The number of hydrogen-bond donors (Lipinski definition) is 0. The molecule has 8 heteroatoms. The van der Waals surface area contributed by atoms with Crippen molar-refractivity contribution in [2.24, 2.45) is 0 Å². The fraction of sp³-hybridized carbons (Fsp3) is 0.162. The van der Waals surface area contributed by atoms with E-state index in [4.69, 9.17) is 13.8 Å². The highest BCUT2D eigenvalue weighted by Crippen LogP contribution is 2.63. The lowest BCUT2D eigenvalue weighted by Crippen LogP contribution is -2.36. The molecule has 0 aliphatic carbocycles. The lowest BCUT2D eigenvalue weighted by Gasteiger charge is -2.36. The first-order chi connectivity index (χ1) is 21.8. The number of hydrogen-bond acceptors (Lipinski definition) is 5. The first-order valence-corrected chi connectivity index (χ1v) is 16.1. The third-order valence-electron chi connectivity index (χ3n) is 7.36. The summed E-state index contributed by atoms with van der Waals surface area (Å²) in [7, 11) is -5.30. The van der Waals surface area contributed by atoms with Crippen LogP contribution >= 0.6 is 7.60 Å². The van der Waals surface area contributed by atoms with E-state index in [0.717, 1.165) is 16.7 Å². The number of ketones is 1. The number of alkyl halides is 2. The minimum Gasteiger partial charge on any atom is -0.360 e. The molecule has 0 heterocycles. The molecule has 230 valence electrons. The number of benzene rings is 5. The van der Waals surface area contributed by atoms with Gasteiger partial charge in [0.05, 0.1) is 19.8 Å². The van der Waals surface area contributed by atoms with Crippen LogP contribution in [0.4, 0.5) is 8.78 Å². The van der Waals surface area contributed by atoms with Crippen LogP contribution in [0.15, 0.2) is 152 Å². The second-order valence-electron chi connectivity index (χ2n) is 10.4. The first-order valence-electron chi connectivity index (χ1n) is 14.5. The Hall–Kier alpha value is -4.26. The second kappa shape index (κ2) is 14.7. The molecule has 0 radical (unpaired) electrons. The highest BCUT2D eigenvalue weighted by Gasteiger charge is 2.59. The Labute approximate surface area is 262 Å². The van der Waals surface area contributed by atoms with Crippen LogP contribution in [0.1, 0.15) is 34.2 Å². The van der Waals surface area contributed by atoms with E-state index in [-0.39, 0.29) is 0 Å². The van der Waals surface area contributed by atoms with Gasteiger partial charge in [-0.2, -0.15) is 8.78 Å². The van der Waals surface area contributed by atoms with Crippen molar-refractivity contribution in [3.05, 3.63) is 179 Å². The zero-order valence-corrected chi connectivity index (χ0v) is 25.4. The van der Waals surface area contributed by atoms with Crippen molar-refractivity contribution in [1.29, 1.82) is 0 Å². The van der Waals surface area contributed by atoms with Crippen molar-refractivity contribution < 1.29 is 31.9 Å². The summed E-state index contributed by atoms with van der Waals surface area (Å²) in [4.78, 5) is 13.3. The number of carbonyl (C=O) groups excluding carboxylic acids is 1. The van der Waals surface area contributed by atoms with E-state index in [0.29, 0.717) is 11.1 Å². The molecule has 0 unspecified atom stereocenters. The summed E-state index contributed by atoms with van der Waals surface area (Å²) in [5.74, 6) is -1.60. The van der Waals surface area contributed by atoms with Crippen LogP contribution in [0, 0.1) is 0 Å². The van der Waals surface area contributed by atoms with Gasteiger partial charge in [-0.1, -0.05) is 152 Å². The summed E-state index contributed by atoms with van der Waals surface area (Å²) in [6.07, 6.45) is -0.741. The molecule has 5 aromatic rings. The van der Waals surface area contributed by atoms with Gasteiger partial charge in [0.15, 0.2) is 0 Å². The third-order valence-corrected chi connectivity index (χ3v) is 9.23. The molecule has 0 bridgehead atoms. The lowest BCUT2D eigenvalue weighted by atomic mass is 9.80. The highest BCUT2D eigenvalue weighted by molar-refractivity contribution is 7.56. The SMILES string of the molecule is O=C(CCOC(c1ccccc1)(c1ccccc1)c1ccccc1)C(F)(F)P(=O)(OCc1ccccc1)OCc1ccccc1. The molecular formula is C37H33F2O5P. The van der Waals surface area contributed by atoms with Crippen molar-refractivity contribution in [2.75, 3.05) is 6.61 Å². The van der Waals surface area contributed by atoms with Crippen LogP contribution in [-0.4, -0.2) is 18.1 Å². The first kappa shape index (κ1) is 32.1. The van der Waals surface area contributed by atoms with Gasteiger partial charge >= 0.3 is 13.3 Å². The van der Waals surface area contributed by atoms with Crippen molar-refractivity contribution >= 4 is 13.4 Å². The van der Waals surface area contributed by atoms with Crippen LogP contribution in [0.25, 0.3) is 0 Å². The van der Waals surface area contributed by atoms with Crippen molar-refractivity contribution in [3.63, 3.8) is 0 Å². The average Bonchev–Trinajstić information content (AvgIpc) is 3.10. The maximum atomic E-state index is 15.9. The van der Waals surface area contributed by atoms with E-state index in [1.165, 1.54) is 0 Å². The van der Waals surface area contributed by atoms with Gasteiger partial charge in [0.2, 0.25) is 5.78 Å². The van der Waals surface area contributed by atoms with Gasteiger partial charge < -0.3 is 4.74 Å². The van der Waals surface area contributed by atoms with E-state index in [9.17, 15) is 9.36 Å². The minimum atomic E-state index is -5.30. The van der Waals surface area contributed by atoms with Gasteiger partial charge in [-0.25, -0.2) is 0 Å². The van der Waals surface area contributed by atoms with Gasteiger partial charge in [-0.3, -0.25) is 18.4 Å². The van der Waals surface area contributed by atoms with Gasteiger partial charge in [-0.15, -0.1) is 0 Å². The fourth-order valence-corrected chi connectivity index (χ4v) is 6.49. The zero-order chi connectivity index (χ0) is 31.6. The Morgan fingerprint density at radius 1 is 0.556 bits per heavy atom. The van der Waals surface area contributed by atoms with Crippen LogP contribution in [-0.2, 0) is 42.0 Å². The predicted molar refractivity (Wildman–Crippen MR) is 170 cm³/mol. The van der Waals surface area contributed by atoms with E-state index in [1.807, 2.05) is 91.0 Å². The number of Topliss-reactive ketones (excluding diaryl/α,β-unsaturated/α-hetero) is 1. The summed E-state index contributed by atoms with van der Waals surface area (Å²) in [6, 6.07) is 45.0. The molecule has 0 atom stereocenters. The molecule has 0 aliphatic rings. The Kier molecular flexibility index (Phi) is 10.5. The number of halogens is 2. The standard InChI is InChI=1S/C37H33F2O5P/c38-37(39,45(41,43-28-30-16-6-1-7-17-30)44-29-31-18-8-2-9-19-31)35(40)26-27-42-36(32-20-10-3-11-21-32,33-22-12-4-13-23-33)34-24-14-5-15-25-34/h1-25H,26-29H2. The number of rotatable bonds is 15. The van der Waals surface area contributed by atoms with E-state index in [1.54, 1.807) is 60.7 Å². The number of ether oxygens (including phenoxy) is 1. The van der Waals surface area contributed by atoms with Crippen molar-refractivity contribution in [3.8, 4) is 0 Å². The molecule has 0 fully saturated rings. The summed E-state index contributed by atoms with van der Waals surface area (Å²) in [5, 5.41) is 0. The average molecular weight is 627 g/mol. The van der Waals surface area contributed by atoms with Crippen LogP contribution in [0.2, 0.25) is 0 Å². The molecule has 0 saturated carbocycles. The third kappa shape index (κ3) is 7.35. The summed E-state index contributed by atoms with van der Waals surface area (Å²) in [5.41, 5.74) is -2.37. The molecule has 0 spiro atoms. The zero-order valence-electron chi connectivity index (χ0n) is 24.5. The van der Waals surface area contributed by atoms with Crippen molar-refractivity contribution in [2.45, 2.75) is 30.9 Å². The Morgan fingerprint density at radius 2 is 0.889 bits per heavy atom. The summed E-state index contributed by atoms with van der Waals surface area (Å²) in [6.45, 7) is -1.25. The lowest BCUT2D eigenvalue weighted by molar-refractivity contribution is -0.137. The molecule has 5 rings (SSSR count). The highest BCUT2D eigenvalue weighted by atomic mass is 31.2. The largest absolute Gasteiger partial charge is 0.408 e. The second-order valence-corrected chi connectivity index (χ2v) is 12.4. The van der Waals surface area contributed by atoms with Gasteiger partial charge in [0.25, 0.3) is 0 Å². The van der Waals surface area contributed by atoms with Gasteiger partial charge in [0.1, 0.15) is 5.60 Å². The molecule has 45 heavy (non-hydrogen) atoms. The van der Waals surface area contributed by atoms with E-state index in [2.05, 4.69) is 0 Å². The quantitative estimate of drug-likeness (QED) is 0.0857. The molecule has 0 aromatic heterocycles. The number of carbonyl (C=O) groups is 1. The van der Waals surface area contributed by atoms with E-state index < -0.39 is 50.9 Å². The molecule has 0 amide bonds. The maximum Gasteiger partial charge on any atom is 0.408 e. The Balaban J connectivity index is 1.41. The smallest absolute Gasteiger partial charge is 0.360 e. The van der Waals surface area contributed by atoms with Gasteiger partial charge in [-0.05, 0) is 27.8 Å². The minimum absolute atomic E-state index is 0.398. The molecular weight excluding hydrogens is 593 g/mol. The molecule has 0 N–H and O–H groups in total.